The van der Waals surface area contributed by atoms with Crippen molar-refractivity contribution in [1.29, 1.82) is 0 Å². The quantitative estimate of drug-likeness (QED) is 0.843. The van der Waals surface area contributed by atoms with Gasteiger partial charge >= 0.3 is 6.18 Å². The van der Waals surface area contributed by atoms with Crippen molar-refractivity contribution >= 4 is 17.2 Å². The molecule has 1 heterocycles. The van der Waals surface area contributed by atoms with E-state index in [2.05, 4.69) is 31.1 Å². The van der Waals surface area contributed by atoms with Gasteiger partial charge in [0.2, 0.25) is 0 Å². The van der Waals surface area contributed by atoms with Crippen LogP contribution >= 0.6 is 0 Å². The Kier molecular flexibility index (Phi) is 4.04. The van der Waals surface area contributed by atoms with Gasteiger partial charge in [-0.25, -0.2) is 4.98 Å². The van der Waals surface area contributed by atoms with E-state index >= 15 is 0 Å². The van der Waals surface area contributed by atoms with Crippen LogP contribution in [0.15, 0.2) is 36.5 Å². The van der Waals surface area contributed by atoms with Crippen LogP contribution in [0.25, 0.3) is 0 Å². The number of halogens is 3. The first-order chi connectivity index (χ1) is 10.1. The molecule has 22 heavy (non-hydrogen) atoms. The summed E-state index contributed by atoms with van der Waals surface area (Å²) in [7, 11) is 0. The third-order valence-electron chi connectivity index (χ3n) is 3.24. The van der Waals surface area contributed by atoms with Crippen LogP contribution in [0.2, 0.25) is 0 Å². The van der Waals surface area contributed by atoms with Gasteiger partial charge in [-0.2, -0.15) is 13.2 Å². The van der Waals surface area contributed by atoms with Gasteiger partial charge in [0.25, 0.3) is 0 Å². The molecule has 0 unspecified atom stereocenters. The minimum Gasteiger partial charge on any atom is -0.396 e. The Balaban J connectivity index is 2.28. The number of anilines is 3. The second-order valence-corrected chi connectivity index (χ2v) is 6.12. The fourth-order valence-electron chi connectivity index (χ4n) is 1.94. The van der Waals surface area contributed by atoms with E-state index in [1.54, 1.807) is 0 Å². The minimum atomic E-state index is -4.45. The fraction of sp³-hybridized carbons (Fsp3) is 0.312. The highest BCUT2D eigenvalue weighted by Gasteiger charge is 2.31. The molecule has 0 radical (unpaired) electrons. The molecule has 0 aliphatic rings. The Morgan fingerprint density at radius 2 is 1.73 bits per heavy atom. The number of nitrogens with zero attached hydrogens (tertiary/aromatic N) is 1. The molecule has 0 saturated heterocycles. The van der Waals surface area contributed by atoms with Crippen LogP contribution in [0.3, 0.4) is 0 Å². The van der Waals surface area contributed by atoms with Gasteiger partial charge in [-0.15, -0.1) is 0 Å². The zero-order valence-electron chi connectivity index (χ0n) is 12.6. The summed E-state index contributed by atoms with van der Waals surface area (Å²) < 4.78 is 37.8. The van der Waals surface area contributed by atoms with Crippen LogP contribution in [-0.2, 0) is 11.6 Å². The smallest absolute Gasteiger partial charge is 0.396 e. The topological polar surface area (TPSA) is 50.9 Å². The highest BCUT2D eigenvalue weighted by Crippen LogP contribution is 2.32. The maximum Gasteiger partial charge on any atom is 0.417 e. The molecular weight excluding hydrogens is 291 g/mol. The third kappa shape index (κ3) is 3.69. The van der Waals surface area contributed by atoms with Gasteiger partial charge in [0.1, 0.15) is 0 Å². The van der Waals surface area contributed by atoms with Gasteiger partial charge in [-0.3, -0.25) is 0 Å². The summed E-state index contributed by atoms with van der Waals surface area (Å²) in [5.41, 5.74) is 6.55. The Labute approximate surface area is 127 Å². The molecule has 3 N–H and O–H groups in total. The summed E-state index contributed by atoms with van der Waals surface area (Å²) in [5.74, 6) is 0.207. The van der Waals surface area contributed by atoms with E-state index in [9.17, 15) is 13.2 Å². The Bertz CT molecular complexity index is 673. The van der Waals surface area contributed by atoms with Gasteiger partial charge < -0.3 is 11.1 Å². The van der Waals surface area contributed by atoms with Gasteiger partial charge in [-0.1, -0.05) is 32.9 Å². The standard InChI is InChI=1S/C16H18F3N3/c1-15(2,3)10-5-4-6-12(7-10)22-14-13(20)8-11(9-21-14)16(17,18)19/h4-9H,20H2,1-3H3,(H,21,22). The number of alkyl halides is 3. The number of pyridine rings is 1. The molecule has 0 bridgehead atoms. The van der Waals surface area contributed by atoms with Crippen molar-refractivity contribution in [2.45, 2.75) is 32.4 Å². The molecule has 2 rings (SSSR count). The summed E-state index contributed by atoms with van der Waals surface area (Å²) in [6, 6.07) is 8.49. The zero-order valence-corrected chi connectivity index (χ0v) is 12.6. The van der Waals surface area contributed by atoms with E-state index < -0.39 is 11.7 Å². The molecule has 0 saturated carbocycles. The number of aromatic nitrogens is 1. The average molecular weight is 309 g/mol. The first kappa shape index (κ1) is 16.1. The Morgan fingerprint density at radius 3 is 2.27 bits per heavy atom. The molecule has 0 atom stereocenters. The predicted molar refractivity (Wildman–Crippen MR) is 82.1 cm³/mol. The van der Waals surface area contributed by atoms with Crippen molar-refractivity contribution in [2.75, 3.05) is 11.1 Å². The molecule has 118 valence electrons. The minimum absolute atomic E-state index is 0.0309. The van der Waals surface area contributed by atoms with E-state index in [-0.39, 0.29) is 16.9 Å². The summed E-state index contributed by atoms with van der Waals surface area (Å²) in [6.07, 6.45) is -3.68. The lowest BCUT2D eigenvalue weighted by molar-refractivity contribution is -0.137. The van der Waals surface area contributed by atoms with Crippen LogP contribution in [0, 0.1) is 0 Å². The van der Waals surface area contributed by atoms with Crippen LogP contribution in [0.1, 0.15) is 31.9 Å². The second-order valence-electron chi connectivity index (χ2n) is 6.12. The third-order valence-corrected chi connectivity index (χ3v) is 3.24. The molecule has 1 aromatic heterocycles. The van der Waals surface area contributed by atoms with Gasteiger partial charge in [0.15, 0.2) is 5.82 Å². The van der Waals surface area contributed by atoms with E-state index in [0.717, 1.165) is 23.5 Å². The lowest BCUT2D eigenvalue weighted by Gasteiger charge is -2.20. The van der Waals surface area contributed by atoms with Crippen LogP contribution in [0.4, 0.5) is 30.4 Å². The summed E-state index contributed by atoms with van der Waals surface area (Å²) >= 11 is 0. The number of nitrogens with one attached hydrogen (secondary N) is 1. The average Bonchev–Trinajstić information content (AvgIpc) is 2.39. The fourth-order valence-corrected chi connectivity index (χ4v) is 1.94. The van der Waals surface area contributed by atoms with Crippen molar-refractivity contribution in [3.05, 3.63) is 47.7 Å². The highest BCUT2D eigenvalue weighted by molar-refractivity contribution is 5.69. The summed E-state index contributed by atoms with van der Waals surface area (Å²) in [6.45, 7) is 6.24. The van der Waals surface area contributed by atoms with Gasteiger partial charge in [0.05, 0.1) is 11.3 Å². The highest BCUT2D eigenvalue weighted by atomic mass is 19.4. The van der Waals surface area contributed by atoms with Crippen molar-refractivity contribution in [3.8, 4) is 0 Å². The predicted octanol–water partition coefficient (Wildman–Crippen LogP) is 4.72. The Morgan fingerprint density at radius 1 is 1.05 bits per heavy atom. The van der Waals surface area contributed by atoms with Crippen LogP contribution in [-0.4, -0.2) is 4.98 Å². The molecule has 1 aromatic carbocycles. The number of benzene rings is 1. The number of nitrogens with two attached hydrogens (primary N) is 1. The number of hydrogen-bond acceptors (Lipinski definition) is 3. The van der Waals surface area contributed by atoms with Crippen LogP contribution < -0.4 is 11.1 Å². The molecule has 6 heteroatoms. The SMILES string of the molecule is CC(C)(C)c1cccc(Nc2ncc(C(F)(F)F)cc2N)c1. The van der Waals surface area contributed by atoms with Gasteiger partial charge in [0, 0.05) is 11.9 Å². The summed E-state index contributed by atoms with van der Waals surface area (Å²) in [4.78, 5) is 3.78. The van der Waals surface area contributed by atoms with E-state index in [1.807, 2.05) is 24.3 Å². The maximum atomic E-state index is 12.6. The van der Waals surface area contributed by atoms with Crippen molar-refractivity contribution in [3.63, 3.8) is 0 Å². The molecule has 0 spiro atoms. The first-order valence-corrected chi connectivity index (χ1v) is 6.77. The van der Waals surface area contributed by atoms with Gasteiger partial charge in [-0.05, 0) is 29.2 Å². The molecule has 0 aliphatic heterocycles. The Hall–Kier alpha value is -2.24. The van der Waals surface area contributed by atoms with Crippen molar-refractivity contribution in [1.82, 2.24) is 4.98 Å². The molecule has 2 aromatic rings. The van der Waals surface area contributed by atoms with Crippen molar-refractivity contribution in [2.24, 2.45) is 0 Å². The lowest BCUT2D eigenvalue weighted by Crippen LogP contribution is -2.11. The molecule has 0 amide bonds. The molecule has 3 nitrogen and oxygen atoms in total. The molecule has 0 fully saturated rings. The normalized spacial score (nSPS) is 12.3. The molecular formula is C16H18F3N3. The number of nitrogen functional groups attached to an aromatic ring is 1. The number of hydrogen-bond donors (Lipinski definition) is 2. The zero-order chi connectivity index (χ0) is 16.5. The van der Waals surface area contributed by atoms with E-state index in [0.29, 0.717) is 0 Å². The summed E-state index contributed by atoms with van der Waals surface area (Å²) in [5, 5.41) is 2.96. The molecule has 0 aliphatic carbocycles. The number of rotatable bonds is 2. The first-order valence-electron chi connectivity index (χ1n) is 6.77. The lowest BCUT2D eigenvalue weighted by atomic mass is 9.87. The van der Waals surface area contributed by atoms with E-state index in [4.69, 9.17) is 5.73 Å². The largest absolute Gasteiger partial charge is 0.417 e. The maximum absolute atomic E-state index is 12.6. The van der Waals surface area contributed by atoms with Crippen molar-refractivity contribution < 1.29 is 13.2 Å². The second kappa shape index (κ2) is 5.51. The van der Waals surface area contributed by atoms with Crippen LogP contribution in [0.5, 0.6) is 0 Å². The van der Waals surface area contributed by atoms with E-state index in [1.165, 1.54) is 0 Å². The monoisotopic (exact) mass is 309 g/mol.